The monoisotopic (exact) mass is 264 g/mol. The molecule has 0 aromatic heterocycles. The molecule has 3 heteroatoms. The topological polar surface area (TPSA) is 15.3 Å². The standard InChI is InChI=1S/C15H24N2S/c1-4-13-5-7-14(8-6-13)18-15(2,3)17-11-9-16-10-12-17/h5-8,16H,4,9-12H2,1-3H3. The van der Waals surface area contributed by atoms with Crippen LogP contribution in [0, 0.1) is 0 Å². The summed E-state index contributed by atoms with van der Waals surface area (Å²) in [5, 5.41) is 3.41. The van der Waals surface area contributed by atoms with Crippen molar-refractivity contribution in [2.45, 2.75) is 37.0 Å². The highest BCUT2D eigenvalue weighted by atomic mass is 32.2. The third-order valence-corrected chi connectivity index (χ3v) is 4.84. The van der Waals surface area contributed by atoms with Crippen molar-refractivity contribution < 1.29 is 0 Å². The van der Waals surface area contributed by atoms with Gasteiger partial charge in [0.15, 0.2) is 0 Å². The highest BCUT2D eigenvalue weighted by Crippen LogP contribution is 2.35. The summed E-state index contributed by atoms with van der Waals surface area (Å²) in [4.78, 5) is 4.12. The second kappa shape index (κ2) is 6.09. The van der Waals surface area contributed by atoms with Crippen molar-refractivity contribution in [3.8, 4) is 0 Å². The second-order valence-electron chi connectivity index (χ2n) is 5.28. The highest BCUT2D eigenvalue weighted by molar-refractivity contribution is 8.00. The molecule has 1 heterocycles. The molecule has 0 unspecified atom stereocenters. The molecular weight excluding hydrogens is 240 g/mol. The smallest absolute Gasteiger partial charge is 0.0660 e. The first kappa shape index (κ1) is 13.9. The first-order chi connectivity index (χ1) is 8.62. The van der Waals surface area contributed by atoms with E-state index in [9.17, 15) is 0 Å². The Morgan fingerprint density at radius 3 is 2.33 bits per heavy atom. The number of piperazine rings is 1. The lowest BCUT2D eigenvalue weighted by Gasteiger charge is -2.40. The van der Waals surface area contributed by atoms with Crippen molar-refractivity contribution in [1.82, 2.24) is 10.2 Å². The van der Waals surface area contributed by atoms with Crippen LogP contribution in [-0.4, -0.2) is 35.9 Å². The quantitative estimate of drug-likeness (QED) is 0.842. The molecule has 1 aromatic carbocycles. The van der Waals surface area contributed by atoms with Gasteiger partial charge in [-0.25, -0.2) is 0 Å². The Hall–Kier alpha value is -0.510. The van der Waals surface area contributed by atoms with Gasteiger partial charge in [-0.3, -0.25) is 4.90 Å². The average molecular weight is 264 g/mol. The Morgan fingerprint density at radius 1 is 1.17 bits per heavy atom. The Morgan fingerprint density at radius 2 is 1.78 bits per heavy atom. The minimum Gasteiger partial charge on any atom is -0.314 e. The maximum atomic E-state index is 3.41. The van der Waals surface area contributed by atoms with Gasteiger partial charge in [0.25, 0.3) is 0 Å². The van der Waals surface area contributed by atoms with E-state index in [1.165, 1.54) is 10.5 Å². The van der Waals surface area contributed by atoms with Crippen LogP contribution in [0.3, 0.4) is 0 Å². The van der Waals surface area contributed by atoms with Gasteiger partial charge in [0, 0.05) is 31.1 Å². The highest BCUT2D eigenvalue weighted by Gasteiger charge is 2.28. The van der Waals surface area contributed by atoms with Crippen LogP contribution in [0.25, 0.3) is 0 Å². The molecule has 0 saturated carbocycles. The Bertz CT molecular complexity index is 367. The van der Waals surface area contributed by atoms with Crippen LogP contribution in [0.15, 0.2) is 29.2 Å². The molecule has 1 fully saturated rings. The van der Waals surface area contributed by atoms with Crippen molar-refractivity contribution in [2.75, 3.05) is 26.2 Å². The molecular formula is C15H24N2S. The lowest BCUT2D eigenvalue weighted by molar-refractivity contribution is 0.172. The second-order valence-corrected chi connectivity index (χ2v) is 6.96. The lowest BCUT2D eigenvalue weighted by Crippen LogP contribution is -2.51. The molecule has 1 aromatic rings. The molecule has 0 amide bonds. The zero-order chi connectivity index (χ0) is 13.0. The molecule has 1 aliphatic heterocycles. The largest absolute Gasteiger partial charge is 0.314 e. The minimum absolute atomic E-state index is 0.176. The summed E-state index contributed by atoms with van der Waals surface area (Å²) in [6, 6.07) is 9.01. The van der Waals surface area contributed by atoms with Crippen LogP contribution in [-0.2, 0) is 6.42 Å². The molecule has 100 valence electrons. The zero-order valence-electron chi connectivity index (χ0n) is 11.7. The van der Waals surface area contributed by atoms with Crippen LogP contribution in [0.1, 0.15) is 26.3 Å². The van der Waals surface area contributed by atoms with Crippen molar-refractivity contribution in [1.29, 1.82) is 0 Å². The van der Waals surface area contributed by atoms with Gasteiger partial charge in [0.2, 0.25) is 0 Å². The summed E-state index contributed by atoms with van der Waals surface area (Å²) >= 11 is 1.97. The molecule has 18 heavy (non-hydrogen) atoms. The van der Waals surface area contributed by atoms with E-state index >= 15 is 0 Å². The van der Waals surface area contributed by atoms with E-state index in [1.807, 2.05) is 11.8 Å². The maximum absolute atomic E-state index is 3.41. The summed E-state index contributed by atoms with van der Waals surface area (Å²) < 4.78 is 0. The van der Waals surface area contributed by atoms with Crippen LogP contribution in [0.4, 0.5) is 0 Å². The normalized spacial score (nSPS) is 17.9. The fourth-order valence-electron chi connectivity index (χ4n) is 2.35. The fourth-order valence-corrected chi connectivity index (χ4v) is 3.51. The number of hydrogen-bond acceptors (Lipinski definition) is 3. The minimum atomic E-state index is 0.176. The van der Waals surface area contributed by atoms with E-state index in [4.69, 9.17) is 0 Å². The molecule has 2 nitrogen and oxygen atoms in total. The number of hydrogen-bond donors (Lipinski definition) is 1. The zero-order valence-corrected chi connectivity index (χ0v) is 12.5. The molecule has 1 saturated heterocycles. The summed E-state index contributed by atoms with van der Waals surface area (Å²) in [5.74, 6) is 0. The third kappa shape index (κ3) is 3.50. The molecule has 0 spiro atoms. The number of nitrogens with one attached hydrogen (secondary N) is 1. The van der Waals surface area contributed by atoms with Gasteiger partial charge in [-0.1, -0.05) is 19.1 Å². The third-order valence-electron chi connectivity index (χ3n) is 3.58. The van der Waals surface area contributed by atoms with Gasteiger partial charge in [-0.2, -0.15) is 0 Å². The molecule has 0 bridgehead atoms. The Kier molecular flexibility index (Phi) is 4.71. The van der Waals surface area contributed by atoms with Gasteiger partial charge in [0.05, 0.1) is 4.87 Å². The number of thioether (sulfide) groups is 1. The maximum Gasteiger partial charge on any atom is 0.0660 e. The van der Waals surface area contributed by atoms with Crippen LogP contribution < -0.4 is 5.32 Å². The summed E-state index contributed by atoms with van der Waals surface area (Å²) in [5.41, 5.74) is 1.42. The van der Waals surface area contributed by atoms with Gasteiger partial charge in [-0.15, -0.1) is 11.8 Å². The predicted molar refractivity (Wildman–Crippen MR) is 80.2 cm³/mol. The van der Waals surface area contributed by atoms with Gasteiger partial charge < -0.3 is 5.32 Å². The van der Waals surface area contributed by atoms with Crippen molar-refractivity contribution in [3.63, 3.8) is 0 Å². The number of rotatable bonds is 4. The van der Waals surface area contributed by atoms with E-state index in [-0.39, 0.29) is 4.87 Å². The van der Waals surface area contributed by atoms with Gasteiger partial charge >= 0.3 is 0 Å². The van der Waals surface area contributed by atoms with Crippen LogP contribution in [0.5, 0.6) is 0 Å². The first-order valence-corrected chi connectivity index (χ1v) is 7.67. The number of benzene rings is 1. The number of aryl methyl sites for hydroxylation is 1. The van der Waals surface area contributed by atoms with Crippen LogP contribution >= 0.6 is 11.8 Å². The molecule has 0 atom stereocenters. The molecule has 1 N–H and O–H groups in total. The number of nitrogens with zero attached hydrogens (tertiary/aromatic N) is 1. The van der Waals surface area contributed by atoms with Crippen molar-refractivity contribution in [2.24, 2.45) is 0 Å². The van der Waals surface area contributed by atoms with Gasteiger partial charge in [0.1, 0.15) is 0 Å². The van der Waals surface area contributed by atoms with E-state index in [2.05, 4.69) is 55.3 Å². The molecule has 1 aliphatic rings. The fraction of sp³-hybridized carbons (Fsp3) is 0.600. The van der Waals surface area contributed by atoms with Gasteiger partial charge in [-0.05, 0) is 38.0 Å². The SMILES string of the molecule is CCc1ccc(SC(C)(C)N2CCNCC2)cc1. The Balaban J connectivity index is 2.01. The Labute approximate surface area is 115 Å². The summed E-state index contributed by atoms with van der Waals surface area (Å²) in [6.07, 6.45) is 1.12. The summed E-state index contributed by atoms with van der Waals surface area (Å²) in [7, 11) is 0. The van der Waals surface area contributed by atoms with E-state index in [0.717, 1.165) is 32.6 Å². The van der Waals surface area contributed by atoms with E-state index in [0.29, 0.717) is 0 Å². The van der Waals surface area contributed by atoms with E-state index < -0.39 is 0 Å². The molecule has 0 radical (unpaired) electrons. The average Bonchev–Trinajstić information content (AvgIpc) is 2.40. The lowest BCUT2D eigenvalue weighted by atomic mass is 10.2. The predicted octanol–water partition coefficient (Wildman–Crippen LogP) is 2.98. The summed E-state index contributed by atoms with van der Waals surface area (Å²) in [6.45, 7) is 11.4. The van der Waals surface area contributed by atoms with Crippen LogP contribution in [0.2, 0.25) is 0 Å². The molecule has 0 aliphatic carbocycles. The van der Waals surface area contributed by atoms with E-state index in [1.54, 1.807) is 0 Å². The first-order valence-electron chi connectivity index (χ1n) is 6.85. The molecule has 2 rings (SSSR count). The van der Waals surface area contributed by atoms with Crippen molar-refractivity contribution in [3.05, 3.63) is 29.8 Å². The van der Waals surface area contributed by atoms with Crippen molar-refractivity contribution >= 4 is 11.8 Å².